The second-order valence-corrected chi connectivity index (χ2v) is 12.7. The van der Waals surface area contributed by atoms with Crippen LogP contribution in [0.5, 0.6) is 0 Å². The number of hydrogen-bond donors (Lipinski definition) is 1. The Labute approximate surface area is 255 Å². The van der Waals surface area contributed by atoms with E-state index in [1.165, 1.54) is 55.6 Å². The lowest BCUT2D eigenvalue weighted by Crippen LogP contribution is -2.39. The highest BCUT2D eigenvalue weighted by Gasteiger charge is 2.30. The van der Waals surface area contributed by atoms with Gasteiger partial charge in [0.1, 0.15) is 25.3 Å². The van der Waals surface area contributed by atoms with Crippen LogP contribution < -0.4 is 9.62 Å². The maximum atomic E-state index is 13.7. The van der Waals surface area contributed by atoms with Crippen molar-refractivity contribution in [3.05, 3.63) is 88.9 Å². The van der Waals surface area contributed by atoms with Crippen LogP contribution in [-0.4, -0.2) is 57.0 Å². The molecule has 11 nitrogen and oxygen atoms in total. The fourth-order valence-corrected chi connectivity index (χ4v) is 5.32. The van der Waals surface area contributed by atoms with Gasteiger partial charge in [-0.25, -0.2) is 13.2 Å². The first-order valence-corrected chi connectivity index (χ1v) is 14.8. The van der Waals surface area contributed by atoms with Crippen LogP contribution in [0.3, 0.4) is 0 Å². The van der Waals surface area contributed by atoms with Crippen LogP contribution in [0.4, 0.5) is 16.2 Å². The van der Waals surface area contributed by atoms with Crippen molar-refractivity contribution in [3.8, 4) is 6.07 Å². The summed E-state index contributed by atoms with van der Waals surface area (Å²) in [7, 11) is -2.95. The van der Waals surface area contributed by atoms with Gasteiger partial charge < -0.3 is 19.7 Å². The summed E-state index contributed by atoms with van der Waals surface area (Å²) in [5.41, 5.74) is 0.534. The normalized spacial score (nSPS) is 11.2. The number of halogens is 1. The molecule has 1 N–H and O–H groups in total. The molecule has 0 aliphatic rings. The van der Waals surface area contributed by atoms with Gasteiger partial charge in [-0.3, -0.25) is 13.9 Å². The van der Waals surface area contributed by atoms with Gasteiger partial charge in [0.15, 0.2) is 0 Å². The molecular weight excluding hydrogens is 596 g/mol. The molecule has 13 heteroatoms. The Bertz CT molecular complexity index is 1630. The largest absolute Gasteiger partial charge is 0.459 e. The lowest BCUT2D eigenvalue weighted by atomic mass is 10.1. The Balaban J connectivity index is 1.72. The van der Waals surface area contributed by atoms with Crippen molar-refractivity contribution in [1.29, 1.82) is 5.26 Å². The second kappa shape index (κ2) is 14.0. The highest BCUT2D eigenvalue weighted by atomic mass is 35.5. The van der Waals surface area contributed by atoms with E-state index >= 15 is 0 Å². The van der Waals surface area contributed by atoms with Crippen LogP contribution >= 0.6 is 11.6 Å². The van der Waals surface area contributed by atoms with E-state index in [0.717, 1.165) is 9.21 Å². The van der Waals surface area contributed by atoms with Crippen LogP contribution in [-0.2, 0) is 35.7 Å². The number of nitrogens with zero attached hydrogens (tertiary/aromatic N) is 3. The molecule has 0 aromatic heterocycles. The number of anilines is 2. The summed E-state index contributed by atoms with van der Waals surface area (Å²) in [4.78, 5) is 38.6. The Morgan fingerprint density at radius 3 is 2.30 bits per heavy atom. The molecule has 0 radical (unpaired) electrons. The Hall–Kier alpha value is -4.60. The summed E-state index contributed by atoms with van der Waals surface area (Å²) in [6.45, 7) is 3.93. The van der Waals surface area contributed by atoms with E-state index in [1.807, 2.05) is 6.07 Å². The van der Waals surface area contributed by atoms with Gasteiger partial charge in [0.2, 0.25) is 5.91 Å². The van der Waals surface area contributed by atoms with Gasteiger partial charge in [-0.05, 0) is 80.9 Å². The molecule has 0 atom stereocenters. The smallest absolute Gasteiger partial charge is 0.410 e. The standard InChI is InChI=1S/C30H31ClN4O7S/c1-30(2,3)42-28(37)19-35(25-13-11-23(31)12-14-25)43(39,40)26-10-6-9-24(16-26)33-27(36)18-34(4)29(38)41-20-22-8-5-7-21(15-22)17-32/h5-16H,18-20H2,1-4H3,(H,33,36). The van der Waals surface area contributed by atoms with Crippen molar-refractivity contribution in [2.24, 2.45) is 0 Å². The Morgan fingerprint density at radius 2 is 1.65 bits per heavy atom. The first kappa shape index (κ1) is 32.9. The number of carbonyl (C=O) groups excluding carboxylic acids is 3. The van der Waals surface area contributed by atoms with Crippen LogP contribution in [0.15, 0.2) is 77.7 Å². The monoisotopic (exact) mass is 626 g/mol. The average Bonchev–Trinajstić information content (AvgIpc) is 2.94. The van der Waals surface area contributed by atoms with Crippen molar-refractivity contribution in [1.82, 2.24) is 4.90 Å². The summed E-state index contributed by atoms with van der Waals surface area (Å²) < 4.78 is 38.9. The molecule has 43 heavy (non-hydrogen) atoms. The van der Waals surface area contributed by atoms with E-state index in [0.29, 0.717) is 16.1 Å². The zero-order valence-electron chi connectivity index (χ0n) is 24.0. The van der Waals surface area contributed by atoms with Gasteiger partial charge in [-0.2, -0.15) is 5.26 Å². The average molecular weight is 627 g/mol. The predicted molar refractivity (Wildman–Crippen MR) is 161 cm³/mol. The number of ether oxygens (including phenoxy) is 2. The molecule has 0 heterocycles. The van der Waals surface area contributed by atoms with Crippen molar-refractivity contribution in [3.63, 3.8) is 0 Å². The van der Waals surface area contributed by atoms with Gasteiger partial charge in [0.25, 0.3) is 10.0 Å². The zero-order valence-corrected chi connectivity index (χ0v) is 25.6. The maximum Gasteiger partial charge on any atom is 0.410 e. The lowest BCUT2D eigenvalue weighted by molar-refractivity contribution is -0.152. The number of hydrogen-bond acceptors (Lipinski definition) is 8. The van der Waals surface area contributed by atoms with Crippen LogP contribution in [0.2, 0.25) is 5.02 Å². The van der Waals surface area contributed by atoms with Crippen LogP contribution in [0.1, 0.15) is 31.9 Å². The number of benzene rings is 3. The molecule has 3 aromatic rings. The molecule has 226 valence electrons. The molecule has 0 saturated carbocycles. The summed E-state index contributed by atoms with van der Waals surface area (Å²) in [5.74, 6) is -1.37. The van der Waals surface area contributed by atoms with Gasteiger partial charge in [0.05, 0.1) is 22.2 Å². The number of carbonyl (C=O) groups is 3. The fraction of sp³-hybridized carbons (Fsp3) is 0.267. The molecule has 0 fully saturated rings. The Morgan fingerprint density at radius 1 is 0.977 bits per heavy atom. The molecule has 3 rings (SSSR count). The van der Waals surface area contributed by atoms with Crippen molar-refractivity contribution >= 4 is 51.0 Å². The van der Waals surface area contributed by atoms with E-state index in [1.54, 1.807) is 45.0 Å². The summed E-state index contributed by atoms with van der Waals surface area (Å²) >= 11 is 5.98. The molecule has 0 bridgehead atoms. The molecule has 0 aliphatic carbocycles. The minimum Gasteiger partial charge on any atom is -0.459 e. The molecule has 0 spiro atoms. The van der Waals surface area contributed by atoms with E-state index in [2.05, 4.69) is 5.32 Å². The van der Waals surface area contributed by atoms with Gasteiger partial charge in [-0.15, -0.1) is 0 Å². The fourth-order valence-electron chi connectivity index (χ4n) is 3.74. The molecule has 3 aromatic carbocycles. The summed E-state index contributed by atoms with van der Waals surface area (Å²) in [6.07, 6.45) is -0.769. The number of rotatable bonds is 10. The first-order valence-electron chi connectivity index (χ1n) is 12.9. The topological polar surface area (TPSA) is 146 Å². The number of amides is 2. The van der Waals surface area contributed by atoms with Crippen molar-refractivity contribution < 1.29 is 32.3 Å². The highest BCUT2D eigenvalue weighted by Crippen LogP contribution is 2.27. The molecule has 0 aliphatic heterocycles. The van der Waals surface area contributed by atoms with E-state index in [-0.39, 0.29) is 29.4 Å². The third-order valence-corrected chi connectivity index (χ3v) is 7.65. The SMILES string of the molecule is CN(CC(=O)Nc1cccc(S(=O)(=O)N(CC(=O)OC(C)(C)C)c2ccc(Cl)cc2)c1)C(=O)OCc1cccc(C#N)c1. The summed E-state index contributed by atoms with van der Waals surface area (Å²) in [6, 6.07) is 20.0. The zero-order chi connectivity index (χ0) is 31.8. The van der Waals surface area contributed by atoms with Gasteiger partial charge in [-0.1, -0.05) is 29.8 Å². The second-order valence-electron chi connectivity index (χ2n) is 10.4. The number of sulfonamides is 1. The minimum absolute atomic E-state index is 0.0897. The number of likely N-dealkylation sites (N-methyl/N-ethyl adjacent to an activating group) is 1. The number of nitriles is 1. The number of esters is 1. The van der Waals surface area contributed by atoms with Crippen molar-refractivity contribution in [2.75, 3.05) is 29.8 Å². The molecular formula is C30H31ClN4O7S. The Kier molecular flexibility index (Phi) is 10.7. The van der Waals surface area contributed by atoms with Gasteiger partial charge >= 0.3 is 12.1 Å². The quantitative estimate of drug-likeness (QED) is 0.311. The first-order chi connectivity index (χ1) is 20.2. The van der Waals surface area contributed by atoms with Crippen LogP contribution in [0.25, 0.3) is 0 Å². The molecule has 0 unspecified atom stereocenters. The minimum atomic E-state index is -4.32. The van der Waals surface area contributed by atoms with Gasteiger partial charge in [0, 0.05) is 17.8 Å². The van der Waals surface area contributed by atoms with Crippen molar-refractivity contribution in [2.45, 2.75) is 37.9 Å². The van der Waals surface area contributed by atoms with E-state index < -0.39 is 40.1 Å². The summed E-state index contributed by atoms with van der Waals surface area (Å²) in [5, 5.41) is 12.0. The molecule has 0 saturated heterocycles. The number of nitrogens with one attached hydrogen (secondary N) is 1. The predicted octanol–water partition coefficient (Wildman–Crippen LogP) is 4.96. The van der Waals surface area contributed by atoms with E-state index in [9.17, 15) is 22.8 Å². The highest BCUT2D eigenvalue weighted by molar-refractivity contribution is 7.92. The third-order valence-electron chi connectivity index (χ3n) is 5.62. The van der Waals surface area contributed by atoms with Crippen LogP contribution in [0, 0.1) is 11.3 Å². The van der Waals surface area contributed by atoms with E-state index in [4.69, 9.17) is 26.3 Å². The molecule has 2 amide bonds. The third kappa shape index (κ3) is 9.73. The maximum absolute atomic E-state index is 13.7. The lowest BCUT2D eigenvalue weighted by Gasteiger charge is -2.26.